The van der Waals surface area contributed by atoms with Crippen LogP contribution in [0.4, 0.5) is 0 Å². The van der Waals surface area contributed by atoms with Gasteiger partial charge >= 0.3 is 5.97 Å². The zero-order valence-corrected chi connectivity index (χ0v) is 14.4. The first-order valence-corrected chi connectivity index (χ1v) is 8.63. The predicted octanol–water partition coefficient (Wildman–Crippen LogP) is 3.12. The second kappa shape index (κ2) is 6.67. The second-order valence-corrected chi connectivity index (χ2v) is 6.42. The first kappa shape index (κ1) is 16.4. The fourth-order valence-corrected chi connectivity index (χ4v) is 3.37. The van der Waals surface area contributed by atoms with Gasteiger partial charge in [-0.3, -0.25) is 9.69 Å². The van der Waals surface area contributed by atoms with E-state index in [1.54, 1.807) is 4.90 Å². The Morgan fingerprint density at radius 2 is 1.77 bits per heavy atom. The molecule has 4 rings (SSSR count). The molecule has 132 valence electrons. The van der Waals surface area contributed by atoms with Gasteiger partial charge in [0.05, 0.1) is 12.5 Å². The molecule has 2 aliphatic heterocycles. The Hall–Kier alpha value is -3.08. The van der Waals surface area contributed by atoms with E-state index in [1.165, 1.54) is 0 Å². The number of amides is 1. The third kappa shape index (κ3) is 2.86. The molecule has 2 unspecified atom stereocenters. The fraction of sp³-hybridized carbons (Fsp3) is 0.238. The van der Waals surface area contributed by atoms with Gasteiger partial charge in [-0.05, 0) is 18.1 Å². The minimum absolute atomic E-state index is 0.0440. The van der Waals surface area contributed by atoms with Crippen LogP contribution in [0.15, 0.2) is 66.4 Å². The summed E-state index contributed by atoms with van der Waals surface area (Å²) in [6, 6.07) is 18.6. The third-order valence-electron chi connectivity index (χ3n) is 4.73. The van der Waals surface area contributed by atoms with E-state index in [2.05, 4.69) is 0 Å². The lowest BCUT2D eigenvalue weighted by Crippen LogP contribution is -2.51. The number of ether oxygens (including phenoxy) is 2. The van der Waals surface area contributed by atoms with Crippen LogP contribution in [-0.4, -0.2) is 29.0 Å². The highest BCUT2D eigenvalue weighted by atomic mass is 16.5. The molecule has 5 nitrogen and oxygen atoms in total. The van der Waals surface area contributed by atoms with Crippen molar-refractivity contribution in [2.45, 2.75) is 32.2 Å². The highest BCUT2D eigenvalue weighted by Gasteiger charge is 2.50. The molecule has 2 aromatic rings. The lowest BCUT2D eigenvalue weighted by molar-refractivity contribution is -0.156. The molecule has 0 bridgehead atoms. The van der Waals surface area contributed by atoms with Gasteiger partial charge in [0.2, 0.25) is 5.91 Å². The summed E-state index contributed by atoms with van der Waals surface area (Å²) in [5.74, 6) is 0.101. The number of esters is 1. The standard InChI is InChI=1S/C21H19NO4/c1-14-20(26-18-12-17(23)22(14)18)19(16-10-6-3-7-11-16)21(24)25-13-15-8-4-2-5-9-15/h2-11,14,18H,12-13H2,1H3. The van der Waals surface area contributed by atoms with E-state index < -0.39 is 5.97 Å². The van der Waals surface area contributed by atoms with Crippen molar-refractivity contribution in [3.05, 3.63) is 77.5 Å². The molecule has 0 aliphatic carbocycles. The molecule has 2 aromatic carbocycles. The smallest absolute Gasteiger partial charge is 0.342 e. The van der Waals surface area contributed by atoms with Crippen molar-refractivity contribution >= 4 is 17.4 Å². The van der Waals surface area contributed by atoms with Gasteiger partial charge in [0.1, 0.15) is 17.9 Å². The largest absolute Gasteiger partial charge is 0.471 e. The Morgan fingerprint density at radius 1 is 1.12 bits per heavy atom. The van der Waals surface area contributed by atoms with E-state index in [1.807, 2.05) is 67.6 Å². The van der Waals surface area contributed by atoms with Crippen LogP contribution in [0.2, 0.25) is 0 Å². The summed E-state index contributed by atoms with van der Waals surface area (Å²) in [7, 11) is 0. The van der Waals surface area contributed by atoms with Gasteiger partial charge in [-0.2, -0.15) is 0 Å². The average molecular weight is 349 g/mol. The summed E-state index contributed by atoms with van der Waals surface area (Å²) in [5.41, 5.74) is 2.02. The maximum atomic E-state index is 12.9. The molecule has 0 saturated carbocycles. The molecule has 26 heavy (non-hydrogen) atoms. The highest BCUT2D eigenvalue weighted by Crippen LogP contribution is 2.39. The van der Waals surface area contributed by atoms with E-state index in [9.17, 15) is 9.59 Å². The van der Waals surface area contributed by atoms with Gasteiger partial charge in [-0.1, -0.05) is 60.7 Å². The van der Waals surface area contributed by atoms with Gasteiger partial charge in [0.25, 0.3) is 0 Å². The molecule has 2 aliphatic rings. The van der Waals surface area contributed by atoms with Crippen molar-refractivity contribution in [1.29, 1.82) is 0 Å². The predicted molar refractivity (Wildman–Crippen MR) is 95.4 cm³/mol. The monoisotopic (exact) mass is 349 g/mol. The Morgan fingerprint density at radius 3 is 2.38 bits per heavy atom. The van der Waals surface area contributed by atoms with E-state index in [-0.39, 0.29) is 24.8 Å². The number of hydrogen-bond acceptors (Lipinski definition) is 4. The van der Waals surface area contributed by atoms with Crippen LogP contribution in [-0.2, 0) is 25.7 Å². The van der Waals surface area contributed by atoms with Crippen LogP contribution in [0, 0.1) is 0 Å². The van der Waals surface area contributed by atoms with E-state index >= 15 is 0 Å². The molecule has 2 heterocycles. The van der Waals surface area contributed by atoms with Crippen molar-refractivity contribution in [2.75, 3.05) is 0 Å². The van der Waals surface area contributed by atoms with Crippen LogP contribution in [0.3, 0.4) is 0 Å². The average Bonchev–Trinajstić information content (AvgIpc) is 2.92. The fourth-order valence-electron chi connectivity index (χ4n) is 3.37. The number of benzene rings is 2. The molecule has 2 atom stereocenters. The number of hydrogen-bond donors (Lipinski definition) is 0. The molecular formula is C21H19NO4. The molecule has 0 radical (unpaired) electrons. The number of fused-ring (bicyclic) bond motifs is 1. The van der Waals surface area contributed by atoms with Crippen LogP contribution >= 0.6 is 0 Å². The van der Waals surface area contributed by atoms with Crippen LogP contribution in [0.5, 0.6) is 0 Å². The molecular weight excluding hydrogens is 330 g/mol. The SMILES string of the molecule is CC1C(=C(C(=O)OCc2ccccc2)c2ccccc2)OC2CC(=O)N21. The van der Waals surface area contributed by atoms with Gasteiger partial charge in [-0.15, -0.1) is 0 Å². The normalized spacial score (nSPS) is 23.0. The molecule has 0 aromatic heterocycles. The zero-order chi connectivity index (χ0) is 18.1. The van der Waals surface area contributed by atoms with E-state index in [0.29, 0.717) is 17.8 Å². The number of β-lactam (4-membered cyclic amide) rings is 1. The van der Waals surface area contributed by atoms with E-state index in [4.69, 9.17) is 9.47 Å². The summed E-state index contributed by atoms with van der Waals surface area (Å²) in [4.78, 5) is 26.4. The first-order chi connectivity index (χ1) is 12.6. The molecule has 0 N–H and O–H groups in total. The van der Waals surface area contributed by atoms with Crippen molar-refractivity contribution < 1.29 is 19.1 Å². The van der Waals surface area contributed by atoms with Gasteiger partial charge in [-0.25, -0.2) is 4.79 Å². The lowest BCUT2D eigenvalue weighted by Gasteiger charge is -2.33. The second-order valence-electron chi connectivity index (χ2n) is 6.42. The molecule has 1 amide bonds. The maximum Gasteiger partial charge on any atom is 0.342 e. The van der Waals surface area contributed by atoms with E-state index in [0.717, 1.165) is 11.1 Å². The molecule has 2 saturated heterocycles. The Kier molecular flexibility index (Phi) is 4.21. The third-order valence-corrected chi connectivity index (χ3v) is 4.73. The van der Waals surface area contributed by atoms with Crippen LogP contribution in [0.25, 0.3) is 5.57 Å². The number of nitrogens with zero attached hydrogens (tertiary/aromatic N) is 1. The first-order valence-electron chi connectivity index (χ1n) is 8.63. The topological polar surface area (TPSA) is 55.8 Å². The Balaban J connectivity index is 1.65. The Labute approximate surface area is 151 Å². The van der Waals surface area contributed by atoms with Gasteiger partial charge in [0.15, 0.2) is 6.23 Å². The van der Waals surface area contributed by atoms with Gasteiger partial charge < -0.3 is 9.47 Å². The van der Waals surface area contributed by atoms with Crippen LogP contribution < -0.4 is 0 Å². The minimum Gasteiger partial charge on any atom is -0.471 e. The van der Waals surface area contributed by atoms with Crippen molar-refractivity contribution in [2.24, 2.45) is 0 Å². The summed E-state index contributed by atoms with van der Waals surface area (Å²) < 4.78 is 11.5. The van der Waals surface area contributed by atoms with Gasteiger partial charge in [0, 0.05) is 0 Å². The highest BCUT2D eigenvalue weighted by molar-refractivity contribution is 6.17. The number of carbonyl (C=O) groups excluding carboxylic acids is 2. The summed E-state index contributed by atoms with van der Waals surface area (Å²) >= 11 is 0. The summed E-state index contributed by atoms with van der Waals surface area (Å²) in [6.07, 6.45) is 0.0859. The summed E-state index contributed by atoms with van der Waals surface area (Å²) in [5, 5.41) is 0. The molecule has 5 heteroatoms. The lowest BCUT2D eigenvalue weighted by atomic mass is 10.0. The summed E-state index contributed by atoms with van der Waals surface area (Å²) in [6.45, 7) is 2.06. The van der Waals surface area contributed by atoms with Crippen molar-refractivity contribution in [3.8, 4) is 0 Å². The zero-order valence-electron chi connectivity index (χ0n) is 14.4. The molecule has 2 fully saturated rings. The molecule has 0 spiro atoms. The Bertz CT molecular complexity index is 860. The van der Waals surface area contributed by atoms with Crippen LogP contribution in [0.1, 0.15) is 24.5 Å². The quantitative estimate of drug-likeness (QED) is 0.483. The number of rotatable bonds is 4. The maximum absolute atomic E-state index is 12.9. The number of carbonyl (C=O) groups is 2. The minimum atomic E-state index is -0.447. The van der Waals surface area contributed by atoms with Crippen molar-refractivity contribution in [1.82, 2.24) is 4.90 Å². The van der Waals surface area contributed by atoms with Crippen molar-refractivity contribution in [3.63, 3.8) is 0 Å².